The van der Waals surface area contributed by atoms with Crippen molar-refractivity contribution in [3.8, 4) is 0 Å². The predicted octanol–water partition coefficient (Wildman–Crippen LogP) is 2.73. The van der Waals surface area contributed by atoms with Crippen molar-refractivity contribution >= 4 is 12.1 Å². The minimum absolute atomic E-state index is 0.155. The molecule has 0 spiro atoms. The number of carbonyl (C=O) groups excluding carboxylic acids is 2. The van der Waals surface area contributed by atoms with Gasteiger partial charge in [0, 0.05) is 6.04 Å². The first-order chi connectivity index (χ1) is 8.98. The maximum Gasteiger partial charge on any atom is 0.411 e. The minimum atomic E-state index is -0.553. The highest BCUT2D eigenvalue weighted by atomic mass is 16.6. The van der Waals surface area contributed by atoms with E-state index in [0.29, 0.717) is 12.3 Å². The van der Waals surface area contributed by atoms with E-state index >= 15 is 0 Å². The van der Waals surface area contributed by atoms with E-state index in [1.807, 2.05) is 41.5 Å². The second-order valence-corrected chi connectivity index (χ2v) is 7.74. The van der Waals surface area contributed by atoms with Crippen LogP contribution in [0.4, 0.5) is 4.79 Å². The monoisotopic (exact) mass is 283 g/mol. The highest BCUT2D eigenvalue weighted by molar-refractivity contribution is 5.83. The molecule has 0 aromatic rings. The number of piperidine rings is 1. The molecule has 2 fully saturated rings. The Morgan fingerprint density at radius 2 is 1.50 bits per heavy atom. The van der Waals surface area contributed by atoms with Crippen LogP contribution in [0.25, 0.3) is 0 Å². The first-order valence-electron chi connectivity index (χ1n) is 7.22. The number of ether oxygens (including phenoxy) is 2. The summed E-state index contributed by atoms with van der Waals surface area (Å²) in [6, 6.07) is -0.338. The largest absolute Gasteiger partial charge is 0.458 e. The van der Waals surface area contributed by atoms with Crippen LogP contribution in [0.1, 0.15) is 54.4 Å². The molecule has 0 aromatic carbocycles. The summed E-state index contributed by atoms with van der Waals surface area (Å²) in [5.41, 5.74) is -1.09. The molecule has 1 saturated heterocycles. The first-order valence-corrected chi connectivity index (χ1v) is 7.22. The van der Waals surface area contributed by atoms with E-state index in [1.54, 1.807) is 4.90 Å². The third-order valence-electron chi connectivity index (χ3n) is 3.39. The summed E-state index contributed by atoms with van der Waals surface area (Å²) >= 11 is 0. The molecular weight excluding hydrogens is 258 g/mol. The average molecular weight is 283 g/mol. The number of hydrogen-bond donors (Lipinski definition) is 0. The van der Waals surface area contributed by atoms with Crippen LogP contribution in [-0.2, 0) is 14.3 Å². The van der Waals surface area contributed by atoms with Gasteiger partial charge in [-0.05, 0) is 60.3 Å². The number of nitrogens with zero attached hydrogens (tertiary/aromatic N) is 1. The molecule has 1 saturated carbocycles. The Morgan fingerprint density at radius 3 is 2.00 bits per heavy atom. The molecule has 0 unspecified atom stereocenters. The van der Waals surface area contributed by atoms with Gasteiger partial charge in [-0.15, -0.1) is 0 Å². The van der Waals surface area contributed by atoms with Crippen molar-refractivity contribution in [1.29, 1.82) is 0 Å². The minimum Gasteiger partial charge on any atom is -0.458 e. The molecule has 0 radical (unpaired) electrons. The summed E-state index contributed by atoms with van der Waals surface area (Å²) < 4.78 is 10.8. The van der Waals surface area contributed by atoms with E-state index in [9.17, 15) is 9.59 Å². The van der Waals surface area contributed by atoms with Crippen molar-refractivity contribution in [3.05, 3.63) is 0 Å². The SMILES string of the molecule is CC(C)(C)OC(=O)[C@@H]1C[C@@H]2C[C@@H]2N1C(=O)OC(C)(C)C. The van der Waals surface area contributed by atoms with Crippen LogP contribution in [-0.4, -0.2) is 40.2 Å². The van der Waals surface area contributed by atoms with Gasteiger partial charge in [0.15, 0.2) is 0 Å². The number of likely N-dealkylation sites (tertiary alicyclic amines) is 1. The zero-order valence-corrected chi connectivity index (χ0v) is 13.2. The van der Waals surface area contributed by atoms with Gasteiger partial charge in [0.05, 0.1) is 0 Å². The van der Waals surface area contributed by atoms with Crippen molar-refractivity contribution in [3.63, 3.8) is 0 Å². The fourth-order valence-corrected chi connectivity index (χ4v) is 2.61. The first kappa shape index (κ1) is 15.1. The number of carbonyl (C=O) groups is 2. The molecule has 1 heterocycles. The van der Waals surface area contributed by atoms with Gasteiger partial charge in [0.1, 0.15) is 17.2 Å². The van der Waals surface area contributed by atoms with Crippen LogP contribution < -0.4 is 0 Å². The van der Waals surface area contributed by atoms with Crippen LogP contribution in [0.2, 0.25) is 0 Å². The van der Waals surface area contributed by atoms with Crippen LogP contribution in [0.5, 0.6) is 0 Å². The van der Waals surface area contributed by atoms with E-state index < -0.39 is 23.3 Å². The van der Waals surface area contributed by atoms with Crippen LogP contribution in [0, 0.1) is 5.92 Å². The quantitative estimate of drug-likeness (QED) is 0.694. The highest BCUT2D eigenvalue weighted by Crippen LogP contribution is 2.48. The second kappa shape index (κ2) is 4.64. The summed E-state index contributed by atoms with van der Waals surface area (Å²) in [6.07, 6.45) is 1.26. The number of esters is 1. The maximum atomic E-state index is 12.3. The van der Waals surface area contributed by atoms with Gasteiger partial charge in [-0.25, -0.2) is 9.59 Å². The zero-order valence-electron chi connectivity index (χ0n) is 13.2. The van der Waals surface area contributed by atoms with Crippen molar-refractivity contribution in [2.45, 2.75) is 77.7 Å². The number of fused-ring (bicyclic) bond motifs is 1. The lowest BCUT2D eigenvalue weighted by atomic mass is 10.1. The molecule has 0 bridgehead atoms. The Kier molecular flexibility index (Phi) is 3.51. The van der Waals surface area contributed by atoms with Crippen LogP contribution in [0.15, 0.2) is 0 Å². The summed E-state index contributed by atoms with van der Waals surface area (Å²) in [5, 5.41) is 0. The molecule has 2 rings (SSSR count). The lowest BCUT2D eigenvalue weighted by Gasteiger charge is -2.31. The molecule has 1 aliphatic carbocycles. The van der Waals surface area contributed by atoms with Gasteiger partial charge in [0.25, 0.3) is 0 Å². The Bertz CT molecular complexity index is 419. The lowest BCUT2D eigenvalue weighted by molar-refractivity contribution is -0.160. The third kappa shape index (κ3) is 3.44. The Morgan fingerprint density at radius 1 is 0.950 bits per heavy atom. The van der Waals surface area contributed by atoms with Crippen molar-refractivity contribution in [1.82, 2.24) is 4.90 Å². The molecule has 0 aromatic heterocycles. The Balaban J connectivity index is 2.06. The molecule has 5 heteroatoms. The summed E-state index contributed by atoms with van der Waals surface area (Å²) in [7, 11) is 0. The van der Waals surface area contributed by atoms with Crippen molar-refractivity contribution < 1.29 is 19.1 Å². The molecule has 20 heavy (non-hydrogen) atoms. The molecule has 1 aliphatic heterocycles. The van der Waals surface area contributed by atoms with Gasteiger partial charge < -0.3 is 9.47 Å². The predicted molar refractivity (Wildman–Crippen MR) is 74.2 cm³/mol. The summed E-state index contributed by atoms with van der Waals surface area (Å²) in [5.74, 6) is 0.107. The third-order valence-corrected chi connectivity index (χ3v) is 3.39. The molecule has 1 amide bonds. The number of amides is 1. The molecule has 114 valence electrons. The van der Waals surface area contributed by atoms with Crippen molar-refractivity contribution in [2.24, 2.45) is 5.92 Å². The highest BCUT2D eigenvalue weighted by Gasteiger charge is 2.58. The standard InChI is InChI=1S/C15H25NO4/c1-14(2,3)19-12(17)11-8-9-7-10(9)16(11)13(18)20-15(4,5)6/h9-11H,7-8H2,1-6H3/t9-,10-,11-/m0/s1. The topological polar surface area (TPSA) is 55.8 Å². The number of rotatable bonds is 1. The lowest BCUT2D eigenvalue weighted by Crippen LogP contribution is -2.47. The zero-order chi connectivity index (χ0) is 15.3. The fourth-order valence-electron chi connectivity index (χ4n) is 2.61. The van der Waals surface area contributed by atoms with Gasteiger partial charge in [-0.3, -0.25) is 4.90 Å². The average Bonchev–Trinajstić information content (AvgIpc) is 2.83. The van der Waals surface area contributed by atoms with E-state index in [4.69, 9.17) is 9.47 Å². The van der Waals surface area contributed by atoms with E-state index in [-0.39, 0.29) is 12.0 Å². The molecule has 0 N–H and O–H groups in total. The van der Waals surface area contributed by atoms with Gasteiger partial charge >= 0.3 is 12.1 Å². The van der Waals surface area contributed by atoms with Gasteiger partial charge in [-0.2, -0.15) is 0 Å². The molecule has 2 aliphatic rings. The van der Waals surface area contributed by atoms with E-state index in [1.165, 1.54) is 0 Å². The second-order valence-electron chi connectivity index (χ2n) is 7.74. The smallest absolute Gasteiger partial charge is 0.411 e. The molecular formula is C15H25NO4. The molecule has 5 nitrogen and oxygen atoms in total. The Labute approximate surface area is 120 Å². The normalized spacial score (nSPS) is 28.9. The van der Waals surface area contributed by atoms with Crippen molar-refractivity contribution in [2.75, 3.05) is 0 Å². The van der Waals surface area contributed by atoms with E-state index in [0.717, 1.165) is 6.42 Å². The van der Waals surface area contributed by atoms with Crippen LogP contribution in [0.3, 0.4) is 0 Å². The summed E-state index contributed by atoms with van der Waals surface area (Å²) in [6.45, 7) is 11.0. The van der Waals surface area contributed by atoms with E-state index in [2.05, 4.69) is 0 Å². The summed E-state index contributed by atoms with van der Waals surface area (Å²) in [4.78, 5) is 26.1. The van der Waals surface area contributed by atoms with Crippen LogP contribution >= 0.6 is 0 Å². The fraction of sp³-hybridized carbons (Fsp3) is 0.867. The number of hydrogen-bond acceptors (Lipinski definition) is 4. The maximum absolute atomic E-state index is 12.3. The Hall–Kier alpha value is -1.26. The van der Waals surface area contributed by atoms with Gasteiger partial charge in [0.2, 0.25) is 0 Å². The van der Waals surface area contributed by atoms with Gasteiger partial charge in [-0.1, -0.05) is 0 Å². The molecule has 3 atom stereocenters.